The Balaban J connectivity index is 1.26. The summed E-state index contributed by atoms with van der Waals surface area (Å²) in [6, 6.07) is 15.7. The maximum atomic E-state index is 12.2. The summed E-state index contributed by atoms with van der Waals surface area (Å²) in [5, 5.41) is 4.09. The van der Waals surface area contributed by atoms with Crippen molar-refractivity contribution in [2.45, 2.75) is 19.3 Å². The van der Waals surface area contributed by atoms with E-state index in [1.54, 1.807) is 13.3 Å². The number of nitrogens with zero attached hydrogens (tertiary/aromatic N) is 1. The summed E-state index contributed by atoms with van der Waals surface area (Å²) in [4.78, 5) is 19.7. The zero-order chi connectivity index (χ0) is 20.1. The van der Waals surface area contributed by atoms with E-state index in [2.05, 4.69) is 15.3 Å². The molecule has 0 aliphatic carbocycles. The van der Waals surface area contributed by atoms with Crippen LogP contribution in [0.4, 0.5) is 0 Å². The molecule has 6 nitrogen and oxygen atoms in total. The number of aryl methyl sites for hydroxylation is 1. The van der Waals surface area contributed by atoms with Gasteiger partial charge < -0.3 is 19.5 Å². The smallest absolute Gasteiger partial charge is 0.220 e. The van der Waals surface area contributed by atoms with Crippen molar-refractivity contribution in [3.8, 4) is 17.1 Å². The molecular weight excluding hydrogens is 366 g/mol. The Labute approximate surface area is 168 Å². The molecule has 4 rings (SSSR count). The lowest BCUT2D eigenvalue weighted by Gasteiger charge is -2.05. The van der Waals surface area contributed by atoms with E-state index in [1.807, 2.05) is 54.7 Å². The van der Waals surface area contributed by atoms with Gasteiger partial charge in [-0.05, 0) is 30.2 Å². The van der Waals surface area contributed by atoms with E-state index in [0.29, 0.717) is 25.3 Å². The van der Waals surface area contributed by atoms with Gasteiger partial charge >= 0.3 is 0 Å². The Morgan fingerprint density at radius 3 is 2.86 bits per heavy atom. The van der Waals surface area contributed by atoms with Crippen molar-refractivity contribution in [2.24, 2.45) is 0 Å². The van der Waals surface area contributed by atoms with Crippen LogP contribution in [0.25, 0.3) is 22.2 Å². The van der Waals surface area contributed by atoms with Crippen molar-refractivity contribution in [1.82, 2.24) is 15.3 Å². The number of hydrogen-bond acceptors (Lipinski definition) is 4. The number of rotatable bonds is 8. The number of hydrogen-bond donors (Lipinski definition) is 2. The molecule has 0 spiro atoms. The standard InChI is InChI=1S/C23H23N3O3/c1-28-18-7-8-20-19(13-18)17(14-25-20)11-12-24-22(27)9-10-23-26-15-21(29-23)16-5-3-2-4-6-16/h2-8,13-15,25H,9-12H2,1H3,(H,24,27). The predicted molar refractivity (Wildman–Crippen MR) is 112 cm³/mol. The minimum Gasteiger partial charge on any atom is -0.497 e. The van der Waals surface area contributed by atoms with Crippen molar-refractivity contribution < 1.29 is 13.9 Å². The highest BCUT2D eigenvalue weighted by atomic mass is 16.5. The van der Waals surface area contributed by atoms with Gasteiger partial charge in [-0.1, -0.05) is 30.3 Å². The average molecular weight is 389 g/mol. The summed E-state index contributed by atoms with van der Waals surface area (Å²) in [6.07, 6.45) is 5.25. The summed E-state index contributed by atoms with van der Waals surface area (Å²) in [6.45, 7) is 0.573. The number of nitrogens with one attached hydrogen (secondary N) is 2. The lowest BCUT2D eigenvalue weighted by molar-refractivity contribution is -0.121. The number of carbonyl (C=O) groups excluding carboxylic acids is 1. The normalized spacial score (nSPS) is 10.9. The van der Waals surface area contributed by atoms with Crippen LogP contribution in [0.3, 0.4) is 0 Å². The topological polar surface area (TPSA) is 80.1 Å². The third-order valence-electron chi connectivity index (χ3n) is 4.87. The second-order valence-electron chi connectivity index (χ2n) is 6.81. The largest absolute Gasteiger partial charge is 0.497 e. The van der Waals surface area contributed by atoms with E-state index >= 15 is 0 Å². The Morgan fingerprint density at radius 1 is 1.17 bits per heavy atom. The van der Waals surface area contributed by atoms with Crippen LogP contribution in [-0.4, -0.2) is 29.5 Å². The number of methoxy groups -OCH3 is 1. The fourth-order valence-corrected chi connectivity index (χ4v) is 3.30. The highest BCUT2D eigenvalue weighted by Crippen LogP contribution is 2.24. The van der Waals surface area contributed by atoms with E-state index in [0.717, 1.165) is 40.0 Å². The first-order valence-corrected chi connectivity index (χ1v) is 9.64. The van der Waals surface area contributed by atoms with Gasteiger partial charge in [0.15, 0.2) is 11.7 Å². The quantitative estimate of drug-likeness (QED) is 0.475. The molecule has 0 saturated carbocycles. The van der Waals surface area contributed by atoms with E-state index in [-0.39, 0.29) is 5.91 Å². The molecule has 148 valence electrons. The van der Waals surface area contributed by atoms with Crippen LogP contribution in [0.15, 0.2) is 65.3 Å². The van der Waals surface area contributed by atoms with Crippen LogP contribution < -0.4 is 10.1 Å². The molecule has 0 aliphatic rings. The SMILES string of the molecule is COc1ccc2[nH]cc(CCNC(=O)CCc3ncc(-c4ccccc4)o3)c2c1. The molecule has 2 aromatic carbocycles. The van der Waals surface area contributed by atoms with Crippen LogP contribution in [0, 0.1) is 0 Å². The van der Waals surface area contributed by atoms with Crippen molar-refractivity contribution in [3.05, 3.63) is 72.4 Å². The molecule has 0 fully saturated rings. The minimum absolute atomic E-state index is 0.0121. The Morgan fingerprint density at radius 2 is 2.03 bits per heavy atom. The molecular formula is C23H23N3O3. The fourth-order valence-electron chi connectivity index (χ4n) is 3.30. The van der Waals surface area contributed by atoms with Crippen molar-refractivity contribution >= 4 is 16.8 Å². The molecule has 0 aliphatic heterocycles. The monoisotopic (exact) mass is 389 g/mol. The second kappa shape index (κ2) is 8.65. The number of ether oxygens (including phenoxy) is 1. The number of aromatic nitrogens is 2. The highest BCUT2D eigenvalue weighted by Gasteiger charge is 2.10. The zero-order valence-corrected chi connectivity index (χ0v) is 16.3. The lowest BCUT2D eigenvalue weighted by Crippen LogP contribution is -2.25. The predicted octanol–water partition coefficient (Wildman–Crippen LogP) is 4.12. The van der Waals surface area contributed by atoms with Gasteiger partial charge in [-0.2, -0.15) is 0 Å². The molecule has 2 aromatic heterocycles. The lowest BCUT2D eigenvalue weighted by atomic mass is 10.1. The zero-order valence-electron chi connectivity index (χ0n) is 16.3. The van der Waals surface area contributed by atoms with Crippen LogP contribution in [0.2, 0.25) is 0 Å². The van der Waals surface area contributed by atoms with Gasteiger partial charge in [0.1, 0.15) is 5.75 Å². The Kier molecular flexibility index (Phi) is 5.61. The van der Waals surface area contributed by atoms with E-state index in [9.17, 15) is 4.79 Å². The molecule has 2 N–H and O–H groups in total. The van der Waals surface area contributed by atoms with Gasteiger partial charge in [0, 0.05) is 42.0 Å². The molecule has 0 saturated heterocycles. The summed E-state index contributed by atoms with van der Waals surface area (Å²) in [5.41, 5.74) is 3.19. The molecule has 0 radical (unpaired) electrons. The molecule has 1 amide bonds. The van der Waals surface area contributed by atoms with Gasteiger partial charge in [-0.25, -0.2) is 4.98 Å². The Bertz CT molecular complexity index is 1100. The van der Waals surface area contributed by atoms with E-state index < -0.39 is 0 Å². The maximum Gasteiger partial charge on any atom is 0.220 e. The number of aromatic amines is 1. The van der Waals surface area contributed by atoms with Gasteiger partial charge in [-0.3, -0.25) is 4.79 Å². The first kappa shape index (κ1) is 18.8. The molecule has 29 heavy (non-hydrogen) atoms. The second-order valence-corrected chi connectivity index (χ2v) is 6.81. The number of fused-ring (bicyclic) bond motifs is 1. The highest BCUT2D eigenvalue weighted by molar-refractivity contribution is 5.84. The van der Waals surface area contributed by atoms with Crippen molar-refractivity contribution in [1.29, 1.82) is 0 Å². The first-order valence-electron chi connectivity index (χ1n) is 9.64. The van der Waals surface area contributed by atoms with Crippen LogP contribution in [0.1, 0.15) is 17.9 Å². The summed E-state index contributed by atoms with van der Waals surface area (Å²) >= 11 is 0. The molecule has 0 atom stereocenters. The third kappa shape index (κ3) is 4.48. The van der Waals surface area contributed by atoms with Crippen LogP contribution in [0.5, 0.6) is 5.75 Å². The number of amides is 1. The summed E-state index contributed by atoms with van der Waals surface area (Å²) in [5.74, 6) is 2.10. The van der Waals surface area contributed by atoms with Gasteiger partial charge in [0.2, 0.25) is 5.91 Å². The number of oxazole rings is 1. The van der Waals surface area contributed by atoms with Gasteiger partial charge in [-0.15, -0.1) is 0 Å². The number of benzene rings is 2. The Hall–Kier alpha value is -3.54. The van der Waals surface area contributed by atoms with Gasteiger partial charge in [0.25, 0.3) is 0 Å². The van der Waals surface area contributed by atoms with Crippen molar-refractivity contribution in [2.75, 3.05) is 13.7 Å². The molecule has 0 bridgehead atoms. The molecule has 2 heterocycles. The molecule has 4 aromatic rings. The van der Waals surface area contributed by atoms with Gasteiger partial charge in [0.05, 0.1) is 13.3 Å². The molecule has 0 unspecified atom stereocenters. The van der Waals surface area contributed by atoms with Crippen molar-refractivity contribution in [3.63, 3.8) is 0 Å². The number of carbonyl (C=O) groups is 1. The fraction of sp³-hybridized carbons (Fsp3) is 0.217. The first-order chi connectivity index (χ1) is 14.2. The third-order valence-corrected chi connectivity index (χ3v) is 4.87. The summed E-state index contributed by atoms with van der Waals surface area (Å²) < 4.78 is 11.0. The average Bonchev–Trinajstić information content (AvgIpc) is 3.40. The minimum atomic E-state index is -0.0121. The summed E-state index contributed by atoms with van der Waals surface area (Å²) in [7, 11) is 1.66. The van der Waals surface area contributed by atoms with Crippen LogP contribution in [-0.2, 0) is 17.6 Å². The van der Waals surface area contributed by atoms with Crippen LogP contribution >= 0.6 is 0 Å². The maximum absolute atomic E-state index is 12.2. The number of H-pyrrole nitrogens is 1. The van der Waals surface area contributed by atoms with E-state index in [4.69, 9.17) is 9.15 Å². The van der Waals surface area contributed by atoms with E-state index in [1.165, 1.54) is 0 Å². The molecule has 6 heteroatoms.